The standard InChI is InChI=1S/C14H18F3N3O/c1-2-9-5-4-8-20(9)13(21)10-6-3-7-11(12(10)19-18)14(15,16)17/h3,6-7,9,19H,2,4-5,8,18H2,1H3. The van der Waals surface area contributed by atoms with Crippen molar-refractivity contribution in [1.29, 1.82) is 0 Å². The summed E-state index contributed by atoms with van der Waals surface area (Å²) in [7, 11) is 0. The van der Waals surface area contributed by atoms with Gasteiger partial charge in [0.25, 0.3) is 5.91 Å². The van der Waals surface area contributed by atoms with E-state index in [1.54, 1.807) is 4.90 Å². The SMILES string of the molecule is CCC1CCCN1C(=O)c1cccc(C(F)(F)F)c1NN. The second-order valence-corrected chi connectivity index (χ2v) is 5.07. The van der Waals surface area contributed by atoms with Crippen LogP contribution >= 0.6 is 0 Å². The van der Waals surface area contributed by atoms with Gasteiger partial charge < -0.3 is 10.3 Å². The van der Waals surface area contributed by atoms with E-state index in [1.807, 2.05) is 12.3 Å². The largest absolute Gasteiger partial charge is 0.418 e. The molecule has 1 aromatic carbocycles. The molecule has 1 atom stereocenters. The molecule has 1 amide bonds. The zero-order valence-corrected chi connectivity index (χ0v) is 11.7. The summed E-state index contributed by atoms with van der Waals surface area (Å²) in [6.45, 7) is 2.53. The van der Waals surface area contributed by atoms with E-state index in [1.165, 1.54) is 12.1 Å². The van der Waals surface area contributed by atoms with Crippen molar-refractivity contribution in [2.24, 2.45) is 5.84 Å². The fraction of sp³-hybridized carbons (Fsp3) is 0.500. The summed E-state index contributed by atoms with van der Waals surface area (Å²) >= 11 is 0. The second-order valence-electron chi connectivity index (χ2n) is 5.07. The molecule has 1 fully saturated rings. The number of carbonyl (C=O) groups excluding carboxylic acids is 1. The molecule has 1 aliphatic rings. The summed E-state index contributed by atoms with van der Waals surface area (Å²) in [5, 5.41) is 0. The average Bonchev–Trinajstić information content (AvgIpc) is 2.93. The topological polar surface area (TPSA) is 58.4 Å². The minimum atomic E-state index is -4.56. The van der Waals surface area contributed by atoms with E-state index < -0.39 is 17.6 Å². The van der Waals surface area contributed by atoms with Crippen LogP contribution in [0.4, 0.5) is 18.9 Å². The number of nitrogens with one attached hydrogen (secondary N) is 1. The fourth-order valence-corrected chi connectivity index (χ4v) is 2.80. The first-order chi connectivity index (χ1) is 9.90. The van der Waals surface area contributed by atoms with Gasteiger partial charge in [0, 0.05) is 12.6 Å². The third kappa shape index (κ3) is 2.97. The van der Waals surface area contributed by atoms with Crippen LogP contribution in [0, 0.1) is 0 Å². The Morgan fingerprint density at radius 2 is 2.19 bits per heavy atom. The van der Waals surface area contributed by atoms with Crippen molar-refractivity contribution in [3.05, 3.63) is 29.3 Å². The van der Waals surface area contributed by atoms with Crippen molar-refractivity contribution >= 4 is 11.6 Å². The molecular weight excluding hydrogens is 283 g/mol. The minimum absolute atomic E-state index is 0.0346. The Labute approximate surface area is 121 Å². The maximum atomic E-state index is 13.0. The number of hydrogen-bond acceptors (Lipinski definition) is 3. The van der Waals surface area contributed by atoms with Gasteiger partial charge in [-0.15, -0.1) is 0 Å². The summed E-state index contributed by atoms with van der Waals surface area (Å²) in [5.41, 5.74) is 0.714. The highest BCUT2D eigenvalue weighted by molar-refractivity contribution is 6.00. The number of hydrazine groups is 1. The number of hydrogen-bond donors (Lipinski definition) is 2. The van der Waals surface area contributed by atoms with Crippen LogP contribution < -0.4 is 11.3 Å². The number of nitrogens with zero attached hydrogens (tertiary/aromatic N) is 1. The van der Waals surface area contributed by atoms with E-state index in [4.69, 9.17) is 5.84 Å². The normalized spacial score (nSPS) is 18.9. The van der Waals surface area contributed by atoms with Crippen molar-refractivity contribution < 1.29 is 18.0 Å². The molecular formula is C14H18F3N3O. The van der Waals surface area contributed by atoms with Crippen LogP contribution in [0.25, 0.3) is 0 Å². The maximum Gasteiger partial charge on any atom is 0.418 e. The number of alkyl halides is 3. The number of nitrogen functional groups attached to an aromatic ring is 1. The van der Waals surface area contributed by atoms with Crippen LogP contribution in [0.5, 0.6) is 0 Å². The molecule has 0 saturated carbocycles. The van der Waals surface area contributed by atoms with Crippen molar-refractivity contribution in [2.75, 3.05) is 12.0 Å². The lowest BCUT2D eigenvalue weighted by Crippen LogP contribution is -2.36. The molecule has 7 heteroatoms. The third-order valence-electron chi connectivity index (χ3n) is 3.85. The minimum Gasteiger partial charge on any atom is -0.336 e. The number of para-hydroxylation sites is 1. The molecule has 4 nitrogen and oxygen atoms in total. The Hall–Kier alpha value is -1.76. The third-order valence-corrected chi connectivity index (χ3v) is 3.85. The average molecular weight is 301 g/mol. The molecule has 0 spiro atoms. The first-order valence-electron chi connectivity index (χ1n) is 6.88. The van der Waals surface area contributed by atoms with Crippen LogP contribution in [0.15, 0.2) is 18.2 Å². The van der Waals surface area contributed by atoms with Crippen LogP contribution in [-0.4, -0.2) is 23.4 Å². The van der Waals surface area contributed by atoms with E-state index in [0.717, 1.165) is 25.3 Å². The predicted octanol–water partition coefficient (Wildman–Crippen LogP) is 3.01. The molecule has 0 radical (unpaired) electrons. The molecule has 2 rings (SSSR count). The highest BCUT2D eigenvalue weighted by Gasteiger charge is 2.36. The maximum absolute atomic E-state index is 13.0. The van der Waals surface area contributed by atoms with Gasteiger partial charge in [-0.05, 0) is 31.4 Å². The van der Waals surface area contributed by atoms with Gasteiger partial charge in [0.15, 0.2) is 0 Å². The van der Waals surface area contributed by atoms with E-state index in [2.05, 4.69) is 0 Å². The Balaban J connectivity index is 2.42. The number of anilines is 1. The summed E-state index contributed by atoms with van der Waals surface area (Å²) in [6.07, 6.45) is -2.02. The first-order valence-corrected chi connectivity index (χ1v) is 6.88. The van der Waals surface area contributed by atoms with Crippen molar-refractivity contribution in [1.82, 2.24) is 4.90 Å². The molecule has 116 valence electrons. The predicted molar refractivity (Wildman–Crippen MR) is 73.6 cm³/mol. The number of rotatable bonds is 3. The highest BCUT2D eigenvalue weighted by Crippen LogP contribution is 2.37. The first kappa shape index (κ1) is 15.6. The van der Waals surface area contributed by atoms with Crippen LogP contribution in [0.3, 0.4) is 0 Å². The smallest absolute Gasteiger partial charge is 0.336 e. The Morgan fingerprint density at radius 1 is 1.48 bits per heavy atom. The molecule has 1 saturated heterocycles. The molecule has 0 aliphatic carbocycles. The van der Waals surface area contributed by atoms with E-state index in [9.17, 15) is 18.0 Å². The zero-order valence-electron chi connectivity index (χ0n) is 11.7. The van der Waals surface area contributed by atoms with Crippen LogP contribution in [-0.2, 0) is 6.18 Å². The van der Waals surface area contributed by atoms with Crippen LogP contribution in [0.2, 0.25) is 0 Å². The molecule has 3 N–H and O–H groups in total. The van der Waals surface area contributed by atoms with E-state index >= 15 is 0 Å². The number of carbonyl (C=O) groups is 1. The van der Waals surface area contributed by atoms with Crippen molar-refractivity contribution in [3.8, 4) is 0 Å². The van der Waals surface area contributed by atoms with Crippen molar-refractivity contribution in [3.63, 3.8) is 0 Å². The van der Waals surface area contributed by atoms with Crippen LogP contribution in [0.1, 0.15) is 42.1 Å². The van der Waals surface area contributed by atoms with Gasteiger partial charge in [-0.2, -0.15) is 13.2 Å². The van der Waals surface area contributed by atoms with Gasteiger partial charge in [0.2, 0.25) is 0 Å². The molecule has 1 unspecified atom stereocenters. The van der Waals surface area contributed by atoms with E-state index in [0.29, 0.717) is 6.54 Å². The Morgan fingerprint density at radius 3 is 2.76 bits per heavy atom. The summed E-state index contributed by atoms with van der Waals surface area (Å²) in [4.78, 5) is 14.2. The molecule has 1 aliphatic heterocycles. The number of benzene rings is 1. The Kier molecular flexibility index (Phi) is 4.41. The molecule has 0 aromatic heterocycles. The number of amides is 1. The summed E-state index contributed by atoms with van der Waals surface area (Å²) < 4.78 is 38.9. The zero-order chi connectivity index (χ0) is 15.6. The lowest BCUT2D eigenvalue weighted by atomic mass is 10.0. The number of likely N-dealkylation sites (tertiary alicyclic amines) is 1. The highest BCUT2D eigenvalue weighted by atomic mass is 19.4. The van der Waals surface area contributed by atoms with Gasteiger partial charge in [-0.1, -0.05) is 13.0 Å². The molecule has 1 heterocycles. The number of nitrogens with two attached hydrogens (primary N) is 1. The second kappa shape index (κ2) is 5.93. The quantitative estimate of drug-likeness (QED) is 0.666. The van der Waals surface area contributed by atoms with Gasteiger partial charge in [0.1, 0.15) is 0 Å². The lowest BCUT2D eigenvalue weighted by molar-refractivity contribution is -0.137. The van der Waals surface area contributed by atoms with Gasteiger partial charge in [-0.3, -0.25) is 10.6 Å². The molecule has 21 heavy (non-hydrogen) atoms. The van der Waals surface area contributed by atoms with Crippen molar-refractivity contribution in [2.45, 2.75) is 38.4 Å². The van der Waals surface area contributed by atoms with Gasteiger partial charge in [0.05, 0.1) is 16.8 Å². The lowest BCUT2D eigenvalue weighted by Gasteiger charge is -2.25. The van der Waals surface area contributed by atoms with E-state index in [-0.39, 0.29) is 17.3 Å². The summed E-state index contributed by atoms with van der Waals surface area (Å²) in [6, 6.07) is 3.59. The monoisotopic (exact) mass is 301 g/mol. The fourth-order valence-electron chi connectivity index (χ4n) is 2.80. The number of halogens is 3. The van der Waals surface area contributed by atoms with Gasteiger partial charge >= 0.3 is 6.18 Å². The Bertz CT molecular complexity index is 531. The summed E-state index contributed by atoms with van der Waals surface area (Å²) in [5.74, 6) is 4.83. The molecule has 1 aromatic rings. The molecule has 0 bridgehead atoms. The van der Waals surface area contributed by atoms with Gasteiger partial charge in [-0.25, -0.2) is 0 Å².